The molecule has 27 heavy (non-hydrogen) atoms. The van der Waals surface area contributed by atoms with Gasteiger partial charge in [-0.2, -0.15) is 5.10 Å². The molecular weight excluding hydrogens is 346 g/mol. The largest absolute Gasteiger partial charge is 0.487 e. The van der Waals surface area contributed by atoms with Crippen LogP contribution in [0.15, 0.2) is 30.3 Å². The highest BCUT2D eigenvalue weighted by atomic mass is 16.5. The number of aromatic nitrogens is 2. The highest BCUT2D eigenvalue weighted by molar-refractivity contribution is 5.94. The molecule has 144 valence electrons. The Morgan fingerprint density at radius 1 is 1.30 bits per heavy atom. The zero-order valence-electron chi connectivity index (χ0n) is 15.7. The number of carbonyl (C=O) groups is 2. The van der Waals surface area contributed by atoms with Crippen molar-refractivity contribution in [2.45, 2.75) is 38.8 Å². The molecule has 1 aliphatic rings. The molecule has 0 spiro atoms. The van der Waals surface area contributed by atoms with Crippen molar-refractivity contribution >= 4 is 11.7 Å². The van der Waals surface area contributed by atoms with E-state index in [9.17, 15) is 9.59 Å². The summed E-state index contributed by atoms with van der Waals surface area (Å²) in [5.74, 6) is 0.501. The second-order valence-corrected chi connectivity index (χ2v) is 6.75. The van der Waals surface area contributed by atoms with Gasteiger partial charge in [0.25, 0.3) is 5.91 Å². The predicted molar refractivity (Wildman–Crippen MR) is 99.9 cm³/mol. The molecule has 1 saturated heterocycles. The number of hydrogen-bond acceptors (Lipinski definition) is 5. The fourth-order valence-electron chi connectivity index (χ4n) is 3.29. The number of ether oxygens (including phenoxy) is 2. The van der Waals surface area contributed by atoms with E-state index in [2.05, 4.69) is 10.2 Å². The van der Waals surface area contributed by atoms with E-state index in [1.54, 1.807) is 37.4 Å². The van der Waals surface area contributed by atoms with Gasteiger partial charge in [-0.3, -0.25) is 14.7 Å². The van der Waals surface area contributed by atoms with Crippen LogP contribution in [0.1, 0.15) is 52.7 Å². The molecule has 3 rings (SSSR count). The Kier molecular flexibility index (Phi) is 6.24. The Balaban J connectivity index is 1.63. The summed E-state index contributed by atoms with van der Waals surface area (Å²) >= 11 is 0. The van der Waals surface area contributed by atoms with Crippen molar-refractivity contribution in [1.29, 1.82) is 0 Å². The zero-order valence-corrected chi connectivity index (χ0v) is 15.7. The second kappa shape index (κ2) is 8.81. The van der Waals surface area contributed by atoms with Gasteiger partial charge in [0.1, 0.15) is 12.4 Å². The van der Waals surface area contributed by atoms with Crippen LogP contribution in [0.25, 0.3) is 0 Å². The number of rotatable bonds is 7. The van der Waals surface area contributed by atoms with Crippen molar-refractivity contribution in [3.63, 3.8) is 0 Å². The average molecular weight is 371 g/mol. The molecule has 1 amide bonds. The third kappa shape index (κ3) is 4.74. The molecule has 0 bridgehead atoms. The topological polar surface area (TPSA) is 84.5 Å². The van der Waals surface area contributed by atoms with Crippen LogP contribution in [0.3, 0.4) is 0 Å². The molecule has 1 atom stereocenters. The number of Topliss-reactive ketones (excluding diaryl/α,β-unsaturated/α-hetero) is 1. The van der Waals surface area contributed by atoms with Crippen LogP contribution in [0, 0.1) is 0 Å². The van der Waals surface area contributed by atoms with Gasteiger partial charge in [-0.1, -0.05) is 12.1 Å². The van der Waals surface area contributed by atoms with Crippen LogP contribution in [0.2, 0.25) is 0 Å². The number of carbonyl (C=O) groups excluding carboxylic acids is 2. The molecule has 0 aliphatic carbocycles. The van der Waals surface area contributed by atoms with Crippen molar-refractivity contribution in [1.82, 2.24) is 15.1 Å². The van der Waals surface area contributed by atoms with Gasteiger partial charge in [-0.25, -0.2) is 0 Å². The van der Waals surface area contributed by atoms with Gasteiger partial charge in [0.05, 0.1) is 18.3 Å². The Hall–Kier alpha value is -2.67. The number of methoxy groups -OCH3 is 1. The number of hydrogen-bond donors (Lipinski definition) is 1. The van der Waals surface area contributed by atoms with E-state index in [1.165, 1.54) is 6.92 Å². The van der Waals surface area contributed by atoms with E-state index in [0.717, 1.165) is 25.8 Å². The molecular formula is C20H25N3O4. The van der Waals surface area contributed by atoms with Crippen LogP contribution in [-0.2, 0) is 11.3 Å². The van der Waals surface area contributed by atoms with E-state index < -0.39 is 0 Å². The maximum atomic E-state index is 12.8. The second-order valence-electron chi connectivity index (χ2n) is 6.75. The summed E-state index contributed by atoms with van der Waals surface area (Å²) in [4.78, 5) is 26.1. The number of ketones is 1. The minimum absolute atomic E-state index is 0.0120. The molecule has 1 fully saturated rings. The minimum Gasteiger partial charge on any atom is -0.487 e. The monoisotopic (exact) mass is 371 g/mol. The van der Waals surface area contributed by atoms with E-state index in [1.807, 2.05) is 4.90 Å². The molecule has 1 N–H and O–H groups in total. The molecule has 7 heteroatoms. The Morgan fingerprint density at radius 3 is 2.93 bits per heavy atom. The maximum absolute atomic E-state index is 12.8. The first-order chi connectivity index (χ1) is 13.1. The fourth-order valence-corrected chi connectivity index (χ4v) is 3.29. The van der Waals surface area contributed by atoms with Crippen molar-refractivity contribution in [2.75, 3.05) is 20.3 Å². The van der Waals surface area contributed by atoms with Crippen molar-refractivity contribution < 1.29 is 19.1 Å². The number of benzene rings is 1. The highest BCUT2D eigenvalue weighted by Gasteiger charge is 2.28. The number of nitrogens with zero attached hydrogens (tertiary/aromatic N) is 2. The number of piperidine rings is 1. The molecule has 2 heterocycles. The fraction of sp³-hybridized carbons (Fsp3) is 0.450. The summed E-state index contributed by atoms with van der Waals surface area (Å²) in [6, 6.07) is 8.83. The van der Waals surface area contributed by atoms with Crippen molar-refractivity contribution in [3.05, 3.63) is 47.3 Å². The summed E-state index contributed by atoms with van der Waals surface area (Å²) in [5.41, 5.74) is 1.68. The van der Waals surface area contributed by atoms with Gasteiger partial charge in [0.15, 0.2) is 11.5 Å². The van der Waals surface area contributed by atoms with Crippen LogP contribution in [0.4, 0.5) is 0 Å². The molecule has 1 aliphatic heterocycles. The van der Waals surface area contributed by atoms with E-state index >= 15 is 0 Å². The van der Waals surface area contributed by atoms with E-state index in [4.69, 9.17) is 9.47 Å². The van der Waals surface area contributed by atoms with Crippen molar-refractivity contribution in [3.8, 4) is 5.75 Å². The smallest absolute Gasteiger partial charge is 0.274 e. The number of likely N-dealkylation sites (tertiary alicyclic amines) is 1. The van der Waals surface area contributed by atoms with Gasteiger partial charge in [-0.15, -0.1) is 0 Å². The summed E-state index contributed by atoms with van der Waals surface area (Å²) in [7, 11) is 1.66. The maximum Gasteiger partial charge on any atom is 0.274 e. The van der Waals surface area contributed by atoms with Gasteiger partial charge < -0.3 is 14.4 Å². The van der Waals surface area contributed by atoms with Crippen LogP contribution < -0.4 is 4.74 Å². The first kappa shape index (κ1) is 19.1. The van der Waals surface area contributed by atoms with E-state index in [-0.39, 0.29) is 24.3 Å². The van der Waals surface area contributed by atoms with Crippen LogP contribution in [-0.4, -0.2) is 53.1 Å². The molecule has 1 aromatic heterocycles. The van der Waals surface area contributed by atoms with Gasteiger partial charge in [-0.05, 0) is 44.4 Å². The Labute approximate surface area is 158 Å². The van der Waals surface area contributed by atoms with Gasteiger partial charge >= 0.3 is 0 Å². The molecule has 0 radical (unpaired) electrons. The lowest BCUT2D eigenvalue weighted by atomic mass is 10.0. The number of aromatic amines is 1. The van der Waals surface area contributed by atoms with Gasteiger partial charge in [0, 0.05) is 19.2 Å². The summed E-state index contributed by atoms with van der Waals surface area (Å²) in [5, 5.41) is 7.01. The Bertz CT molecular complexity index is 800. The molecule has 0 unspecified atom stereocenters. The quantitative estimate of drug-likeness (QED) is 0.757. The number of nitrogens with one attached hydrogen (secondary N) is 1. The van der Waals surface area contributed by atoms with Gasteiger partial charge in [0.2, 0.25) is 0 Å². The van der Waals surface area contributed by atoms with Crippen molar-refractivity contribution in [2.24, 2.45) is 0 Å². The summed E-state index contributed by atoms with van der Waals surface area (Å²) in [6.07, 6.45) is 3.06. The Morgan fingerprint density at radius 2 is 2.15 bits per heavy atom. The molecule has 2 aromatic rings. The lowest BCUT2D eigenvalue weighted by Gasteiger charge is -2.34. The van der Waals surface area contributed by atoms with E-state index in [0.29, 0.717) is 29.3 Å². The average Bonchev–Trinajstić information content (AvgIpc) is 3.16. The highest BCUT2D eigenvalue weighted by Crippen LogP contribution is 2.20. The lowest BCUT2D eigenvalue weighted by molar-refractivity contribution is 0.0423. The third-order valence-corrected chi connectivity index (χ3v) is 4.73. The molecule has 1 aromatic carbocycles. The normalized spacial score (nSPS) is 17.0. The predicted octanol–water partition coefficient (Wildman–Crippen LogP) is 2.83. The minimum atomic E-state index is -0.0853. The molecule has 0 saturated carbocycles. The zero-order chi connectivity index (χ0) is 19.2. The van der Waals surface area contributed by atoms with Crippen LogP contribution >= 0.6 is 0 Å². The summed E-state index contributed by atoms with van der Waals surface area (Å²) in [6.45, 7) is 3.02. The molecule has 7 nitrogen and oxygen atoms in total. The summed E-state index contributed by atoms with van der Waals surface area (Å²) < 4.78 is 11.0. The standard InChI is InChI=1S/C20H25N3O4/c1-14(24)15-6-5-8-18(10-15)27-12-16-11-19(22-21-16)20(25)23-9-4-3-7-17(23)13-26-2/h5-6,8,10-11,17H,3-4,7,9,12-13H2,1-2H3,(H,21,22)/t17-/m0/s1. The lowest BCUT2D eigenvalue weighted by Crippen LogP contribution is -2.46. The SMILES string of the molecule is COC[C@@H]1CCCCN1C(=O)c1cc(COc2cccc(C(C)=O)c2)[nH]n1. The first-order valence-electron chi connectivity index (χ1n) is 9.16. The third-order valence-electron chi connectivity index (χ3n) is 4.73. The first-order valence-corrected chi connectivity index (χ1v) is 9.16. The van der Waals surface area contributed by atoms with Crippen LogP contribution in [0.5, 0.6) is 5.75 Å². The number of amides is 1. The number of H-pyrrole nitrogens is 1.